The molecule has 1 aromatic carbocycles. The highest BCUT2D eigenvalue weighted by Crippen LogP contribution is 2.24. The third-order valence-corrected chi connectivity index (χ3v) is 2.45. The smallest absolute Gasteiger partial charge is 0.165 e. The van der Waals surface area contributed by atoms with E-state index in [1.165, 1.54) is 13.2 Å². The molecule has 0 bridgehead atoms. The van der Waals surface area contributed by atoms with E-state index in [2.05, 4.69) is 5.10 Å². The van der Waals surface area contributed by atoms with E-state index in [0.717, 1.165) is 11.1 Å². The van der Waals surface area contributed by atoms with Gasteiger partial charge in [-0.05, 0) is 17.7 Å². The average Bonchev–Trinajstić information content (AvgIpc) is 2.78. The van der Waals surface area contributed by atoms with Crippen LogP contribution in [0.2, 0.25) is 0 Å². The minimum absolute atomic E-state index is 0.0259. The van der Waals surface area contributed by atoms with Gasteiger partial charge < -0.3 is 9.84 Å². The van der Waals surface area contributed by atoms with Gasteiger partial charge in [0.2, 0.25) is 0 Å². The molecule has 4 nitrogen and oxygen atoms in total. The first-order chi connectivity index (χ1) is 8.24. The van der Waals surface area contributed by atoms with Crippen molar-refractivity contribution in [2.45, 2.75) is 6.54 Å². The Hall–Kier alpha value is -1.88. The molecule has 5 heteroatoms. The van der Waals surface area contributed by atoms with Crippen molar-refractivity contribution in [3.63, 3.8) is 0 Å². The van der Waals surface area contributed by atoms with E-state index in [1.807, 2.05) is 0 Å². The predicted octanol–water partition coefficient (Wildman–Crippen LogP) is 1.69. The molecule has 1 heterocycles. The van der Waals surface area contributed by atoms with E-state index in [-0.39, 0.29) is 12.4 Å². The Bertz CT molecular complexity index is 511. The van der Waals surface area contributed by atoms with Crippen LogP contribution >= 0.6 is 0 Å². The van der Waals surface area contributed by atoms with Crippen molar-refractivity contribution in [3.8, 4) is 16.9 Å². The van der Waals surface area contributed by atoms with Crippen LogP contribution in [0.4, 0.5) is 4.39 Å². The highest BCUT2D eigenvalue weighted by Gasteiger charge is 2.06. The Labute approximate surface area is 98.3 Å². The first-order valence-corrected chi connectivity index (χ1v) is 5.22. The molecule has 1 aromatic heterocycles. The fourth-order valence-electron chi connectivity index (χ4n) is 1.58. The fourth-order valence-corrected chi connectivity index (χ4v) is 1.58. The standard InChI is InChI=1S/C12H13FN2O2/c1-17-12-3-2-9(6-11(12)13)10-7-14-15(8-10)4-5-16/h2-3,6-8,16H,4-5H2,1H3. The molecule has 0 aliphatic heterocycles. The number of aromatic nitrogens is 2. The average molecular weight is 236 g/mol. The van der Waals surface area contributed by atoms with Gasteiger partial charge in [-0.2, -0.15) is 5.10 Å². The lowest BCUT2D eigenvalue weighted by Crippen LogP contribution is -2.01. The number of aliphatic hydroxyl groups excluding tert-OH is 1. The molecule has 0 unspecified atom stereocenters. The maximum atomic E-state index is 13.5. The first kappa shape index (κ1) is 11.6. The quantitative estimate of drug-likeness (QED) is 0.878. The number of rotatable bonds is 4. The second-order valence-corrected chi connectivity index (χ2v) is 3.57. The molecule has 0 fully saturated rings. The second kappa shape index (κ2) is 4.97. The Balaban J connectivity index is 2.29. The zero-order valence-corrected chi connectivity index (χ0v) is 9.43. The Kier molecular flexibility index (Phi) is 3.39. The lowest BCUT2D eigenvalue weighted by molar-refractivity contribution is 0.269. The van der Waals surface area contributed by atoms with Crippen LogP contribution in [0.15, 0.2) is 30.6 Å². The SMILES string of the molecule is COc1ccc(-c2cnn(CCO)c2)cc1F. The molecule has 0 radical (unpaired) electrons. The fraction of sp³-hybridized carbons (Fsp3) is 0.250. The number of halogens is 1. The van der Waals surface area contributed by atoms with Gasteiger partial charge in [0.25, 0.3) is 0 Å². The van der Waals surface area contributed by atoms with Gasteiger partial charge in [0.15, 0.2) is 11.6 Å². The summed E-state index contributed by atoms with van der Waals surface area (Å²) in [6.45, 7) is 0.455. The van der Waals surface area contributed by atoms with Gasteiger partial charge in [0.05, 0.1) is 26.5 Å². The van der Waals surface area contributed by atoms with Crippen molar-refractivity contribution in [3.05, 3.63) is 36.4 Å². The van der Waals surface area contributed by atoms with E-state index in [9.17, 15) is 4.39 Å². The van der Waals surface area contributed by atoms with E-state index < -0.39 is 5.82 Å². The van der Waals surface area contributed by atoms with Gasteiger partial charge >= 0.3 is 0 Å². The molecule has 17 heavy (non-hydrogen) atoms. The number of hydrogen-bond acceptors (Lipinski definition) is 3. The Morgan fingerprint density at radius 3 is 2.88 bits per heavy atom. The third kappa shape index (κ3) is 2.45. The van der Waals surface area contributed by atoms with Gasteiger partial charge in [-0.15, -0.1) is 0 Å². The van der Waals surface area contributed by atoms with Crippen LogP contribution in [0.25, 0.3) is 11.1 Å². The monoisotopic (exact) mass is 236 g/mol. The van der Waals surface area contributed by atoms with E-state index >= 15 is 0 Å². The largest absolute Gasteiger partial charge is 0.494 e. The van der Waals surface area contributed by atoms with Gasteiger partial charge in [-0.25, -0.2) is 4.39 Å². The zero-order valence-electron chi connectivity index (χ0n) is 9.43. The van der Waals surface area contributed by atoms with E-state index in [4.69, 9.17) is 9.84 Å². The highest BCUT2D eigenvalue weighted by molar-refractivity contribution is 5.62. The summed E-state index contributed by atoms with van der Waals surface area (Å²) in [5.41, 5.74) is 1.53. The van der Waals surface area contributed by atoms with Gasteiger partial charge in [0, 0.05) is 11.8 Å². The van der Waals surface area contributed by atoms with Crippen molar-refractivity contribution >= 4 is 0 Å². The summed E-state index contributed by atoms with van der Waals surface area (Å²) in [6.07, 6.45) is 3.40. The minimum atomic E-state index is -0.403. The van der Waals surface area contributed by atoms with Crippen molar-refractivity contribution in [2.24, 2.45) is 0 Å². The molecule has 0 saturated heterocycles. The van der Waals surface area contributed by atoms with Crippen molar-refractivity contribution in [2.75, 3.05) is 13.7 Å². The molecular formula is C12H13FN2O2. The normalized spacial score (nSPS) is 10.5. The topological polar surface area (TPSA) is 47.3 Å². The molecule has 2 rings (SSSR count). The maximum Gasteiger partial charge on any atom is 0.165 e. The molecule has 0 aliphatic rings. The summed E-state index contributed by atoms with van der Waals surface area (Å²) in [5, 5.41) is 12.8. The Morgan fingerprint density at radius 1 is 1.41 bits per heavy atom. The molecule has 2 aromatic rings. The van der Waals surface area contributed by atoms with Crippen LogP contribution in [-0.2, 0) is 6.54 Å². The summed E-state index contributed by atoms with van der Waals surface area (Å²) in [7, 11) is 1.43. The van der Waals surface area contributed by atoms with Gasteiger partial charge in [-0.1, -0.05) is 6.07 Å². The molecule has 0 saturated carbocycles. The van der Waals surface area contributed by atoms with Crippen LogP contribution < -0.4 is 4.74 Å². The zero-order chi connectivity index (χ0) is 12.3. The molecule has 0 amide bonds. The molecule has 0 aliphatic carbocycles. The third-order valence-electron chi connectivity index (χ3n) is 2.45. The minimum Gasteiger partial charge on any atom is -0.494 e. The molecule has 0 atom stereocenters. The maximum absolute atomic E-state index is 13.5. The number of ether oxygens (including phenoxy) is 1. The lowest BCUT2D eigenvalue weighted by Gasteiger charge is -2.03. The molecular weight excluding hydrogens is 223 g/mol. The number of aliphatic hydroxyl groups is 1. The van der Waals surface area contributed by atoms with Crippen molar-refractivity contribution < 1.29 is 14.2 Å². The molecule has 0 spiro atoms. The van der Waals surface area contributed by atoms with Crippen molar-refractivity contribution in [1.29, 1.82) is 0 Å². The number of methoxy groups -OCH3 is 1. The van der Waals surface area contributed by atoms with Crippen LogP contribution in [0.1, 0.15) is 0 Å². The van der Waals surface area contributed by atoms with Crippen LogP contribution in [-0.4, -0.2) is 28.6 Å². The molecule has 90 valence electrons. The van der Waals surface area contributed by atoms with Crippen LogP contribution in [0.5, 0.6) is 5.75 Å². The summed E-state index contributed by atoms with van der Waals surface area (Å²) in [4.78, 5) is 0. The van der Waals surface area contributed by atoms with Crippen molar-refractivity contribution in [1.82, 2.24) is 9.78 Å². The molecule has 1 N–H and O–H groups in total. The highest BCUT2D eigenvalue weighted by atomic mass is 19.1. The summed E-state index contributed by atoms with van der Waals surface area (Å²) < 4.78 is 20.0. The second-order valence-electron chi connectivity index (χ2n) is 3.57. The van der Waals surface area contributed by atoms with E-state index in [1.54, 1.807) is 29.2 Å². The summed E-state index contributed by atoms with van der Waals surface area (Å²) in [6, 6.07) is 4.75. The van der Waals surface area contributed by atoms with Crippen LogP contribution in [0.3, 0.4) is 0 Å². The Morgan fingerprint density at radius 2 is 2.24 bits per heavy atom. The van der Waals surface area contributed by atoms with Gasteiger partial charge in [-0.3, -0.25) is 4.68 Å². The first-order valence-electron chi connectivity index (χ1n) is 5.22. The predicted molar refractivity (Wildman–Crippen MR) is 61.3 cm³/mol. The number of hydrogen-bond donors (Lipinski definition) is 1. The van der Waals surface area contributed by atoms with Gasteiger partial charge in [0.1, 0.15) is 0 Å². The number of nitrogens with zero attached hydrogens (tertiary/aromatic N) is 2. The summed E-state index contributed by atoms with van der Waals surface area (Å²) in [5.74, 6) is -0.184. The number of benzene rings is 1. The lowest BCUT2D eigenvalue weighted by atomic mass is 10.1. The van der Waals surface area contributed by atoms with E-state index in [0.29, 0.717) is 6.54 Å². The summed E-state index contributed by atoms with van der Waals surface area (Å²) >= 11 is 0. The van der Waals surface area contributed by atoms with Crippen LogP contribution in [0, 0.1) is 5.82 Å².